The Bertz CT molecular complexity index is 956. The Hall–Kier alpha value is -3.48. The molecule has 0 aliphatic heterocycles. The number of hydrogen-bond acceptors (Lipinski definition) is 4. The molecule has 4 aromatic rings. The van der Waals surface area contributed by atoms with E-state index < -0.39 is 0 Å². The average Bonchev–Trinajstić information content (AvgIpc) is 3.29. The standard InChI is InChI=1S/C17H14N6O/c24-17(15-11-16-18-6-2-9-23(16)21-15)19-12-13-4-1-5-14(10-13)22-8-3-7-20-22/h1-11H,12H2,(H,19,24). The fourth-order valence-corrected chi connectivity index (χ4v) is 2.44. The molecule has 1 aromatic carbocycles. The van der Waals surface area contributed by atoms with Crippen molar-refractivity contribution in [3.8, 4) is 5.69 Å². The fraction of sp³-hybridized carbons (Fsp3) is 0.0588. The van der Waals surface area contributed by atoms with E-state index in [-0.39, 0.29) is 5.91 Å². The summed E-state index contributed by atoms with van der Waals surface area (Å²) in [7, 11) is 0. The number of benzene rings is 1. The number of carbonyl (C=O) groups is 1. The lowest BCUT2D eigenvalue weighted by Gasteiger charge is -2.06. The second kappa shape index (κ2) is 5.96. The van der Waals surface area contributed by atoms with Crippen LogP contribution in [0.2, 0.25) is 0 Å². The number of hydrogen-bond donors (Lipinski definition) is 1. The van der Waals surface area contributed by atoms with E-state index in [1.165, 1.54) is 0 Å². The van der Waals surface area contributed by atoms with Crippen LogP contribution in [0.3, 0.4) is 0 Å². The molecule has 3 heterocycles. The van der Waals surface area contributed by atoms with Gasteiger partial charge in [-0.1, -0.05) is 12.1 Å². The number of nitrogens with zero attached hydrogens (tertiary/aromatic N) is 5. The average molecular weight is 318 g/mol. The first-order valence-electron chi connectivity index (χ1n) is 7.47. The molecule has 7 heteroatoms. The van der Waals surface area contributed by atoms with Crippen LogP contribution in [0.1, 0.15) is 16.1 Å². The summed E-state index contributed by atoms with van der Waals surface area (Å²) in [6.45, 7) is 0.412. The Morgan fingerprint density at radius 2 is 2.00 bits per heavy atom. The quantitative estimate of drug-likeness (QED) is 0.623. The van der Waals surface area contributed by atoms with E-state index in [2.05, 4.69) is 20.5 Å². The Labute approximate surface area is 137 Å². The van der Waals surface area contributed by atoms with Crippen molar-refractivity contribution in [2.24, 2.45) is 0 Å². The van der Waals surface area contributed by atoms with Crippen molar-refractivity contribution in [1.82, 2.24) is 29.7 Å². The van der Waals surface area contributed by atoms with Crippen LogP contribution in [-0.2, 0) is 6.54 Å². The number of nitrogens with one attached hydrogen (secondary N) is 1. The highest BCUT2D eigenvalue weighted by Gasteiger charge is 2.11. The van der Waals surface area contributed by atoms with Crippen LogP contribution < -0.4 is 5.32 Å². The van der Waals surface area contributed by atoms with Gasteiger partial charge in [-0.25, -0.2) is 14.2 Å². The minimum absolute atomic E-state index is 0.231. The molecular weight excluding hydrogens is 304 g/mol. The fourth-order valence-electron chi connectivity index (χ4n) is 2.44. The molecule has 1 N–H and O–H groups in total. The molecule has 0 aliphatic rings. The maximum Gasteiger partial charge on any atom is 0.272 e. The maximum atomic E-state index is 12.3. The van der Waals surface area contributed by atoms with Gasteiger partial charge in [0.1, 0.15) is 0 Å². The van der Waals surface area contributed by atoms with Crippen molar-refractivity contribution in [3.63, 3.8) is 0 Å². The molecule has 0 saturated carbocycles. The lowest BCUT2D eigenvalue weighted by atomic mass is 10.2. The van der Waals surface area contributed by atoms with Gasteiger partial charge in [-0.15, -0.1) is 0 Å². The molecule has 0 bridgehead atoms. The Kier molecular flexibility index (Phi) is 3.51. The van der Waals surface area contributed by atoms with Crippen LogP contribution >= 0.6 is 0 Å². The molecule has 3 aromatic heterocycles. The van der Waals surface area contributed by atoms with E-state index in [0.29, 0.717) is 17.9 Å². The topological polar surface area (TPSA) is 77.1 Å². The molecule has 0 fully saturated rings. The molecule has 118 valence electrons. The summed E-state index contributed by atoms with van der Waals surface area (Å²) >= 11 is 0. The summed E-state index contributed by atoms with van der Waals surface area (Å²) < 4.78 is 3.35. The van der Waals surface area contributed by atoms with Gasteiger partial charge in [0.25, 0.3) is 5.91 Å². The second-order valence-electron chi connectivity index (χ2n) is 5.26. The smallest absolute Gasteiger partial charge is 0.272 e. The van der Waals surface area contributed by atoms with Crippen molar-refractivity contribution in [2.45, 2.75) is 6.54 Å². The van der Waals surface area contributed by atoms with Crippen molar-refractivity contribution in [2.75, 3.05) is 0 Å². The molecule has 0 aliphatic carbocycles. The monoisotopic (exact) mass is 318 g/mol. The summed E-state index contributed by atoms with van der Waals surface area (Å²) in [5.74, 6) is -0.231. The normalized spacial score (nSPS) is 10.8. The Balaban J connectivity index is 1.48. The summed E-state index contributed by atoms with van der Waals surface area (Å²) in [6, 6.07) is 13.1. The molecular formula is C17H14N6O. The molecule has 0 unspecified atom stereocenters. The predicted molar refractivity (Wildman–Crippen MR) is 87.7 cm³/mol. The van der Waals surface area contributed by atoms with Crippen LogP contribution in [0, 0.1) is 0 Å². The van der Waals surface area contributed by atoms with Gasteiger partial charge in [-0.05, 0) is 29.8 Å². The molecule has 4 rings (SSSR count). The molecule has 7 nitrogen and oxygen atoms in total. The minimum Gasteiger partial charge on any atom is -0.347 e. The summed E-state index contributed by atoms with van der Waals surface area (Å²) in [5.41, 5.74) is 2.92. The first-order valence-corrected chi connectivity index (χ1v) is 7.47. The third-order valence-electron chi connectivity index (χ3n) is 3.60. The molecule has 1 amide bonds. The van der Waals surface area contributed by atoms with Gasteiger partial charge >= 0.3 is 0 Å². The van der Waals surface area contributed by atoms with Crippen LogP contribution in [0.5, 0.6) is 0 Å². The van der Waals surface area contributed by atoms with E-state index in [1.807, 2.05) is 36.5 Å². The van der Waals surface area contributed by atoms with Crippen LogP contribution in [-0.4, -0.2) is 30.3 Å². The van der Waals surface area contributed by atoms with E-state index in [0.717, 1.165) is 11.3 Å². The first kappa shape index (κ1) is 14.1. The largest absolute Gasteiger partial charge is 0.347 e. The highest BCUT2D eigenvalue weighted by atomic mass is 16.1. The number of amides is 1. The van der Waals surface area contributed by atoms with E-state index in [9.17, 15) is 4.79 Å². The van der Waals surface area contributed by atoms with Gasteiger partial charge in [-0.3, -0.25) is 4.79 Å². The van der Waals surface area contributed by atoms with Crippen molar-refractivity contribution in [3.05, 3.63) is 78.5 Å². The van der Waals surface area contributed by atoms with Crippen LogP contribution in [0.25, 0.3) is 11.3 Å². The number of aromatic nitrogens is 5. The van der Waals surface area contributed by atoms with Crippen LogP contribution in [0.4, 0.5) is 0 Å². The Morgan fingerprint density at radius 1 is 1.08 bits per heavy atom. The zero-order valence-electron chi connectivity index (χ0n) is 12.7. The van der Waals surface area contributed by atoms with Crippen molar-refractivity contribution >= 4 is 11.6 Å². The lowest BCUT2D eigenvalue weighted by Crippen LogP contribution is -2.23. The number of rotatable bonds is 4. The SMILES string of the molecule is O=C(NCc1cccc(-n2cccn2)c1)c1cc2ncccn2n1. The zero-order valence-corrected chi connectivity index (χ0v) is 12.7. The third kappa shape index (κ3) is 2.74. The molecule has 24 heavy (non-hydrogen) atoms. The number of fused-ring (bicyclic) bond motifs is 1. The molecule has 0 spiro atoms. The van der Waals surface area contributed by atoms with E-state index in [1.54, 1.807) is 39.9 Å². The lowest BCUT2D eigenvalue weighted by molar-refractivity contribution is 0.0945. The first-order chi connectivity index (χ1) is 11.8. The maximum absolute atomic E-state index is 12.3. The number of carbonyl (C=O) groups excluding carboxylic acids is 1. The van der Waals surface area contributed by atoms with Gasteiger partial charge in [0.2, 0.25) is 0 Å². The van der Waals surface area contributed by atoms with E-state index >= 15 is 0 Å². The van der Waals surface area contributed by atoms with Crippen molar-refractivity contribution in [1.29, 1.82) is 0 Å². The summed E-state index contributed by atoms with van der Waals surface area (Å²) in [5, 5.41) is 11.3. The molecule has 0 saturated heterocycles. The van der Waals surface area contributed by atoms with Crippen LogP contribution in [0.15, 0.2) is 67.3 Å². The van der Waals surface area contributed by atoms with E-state index in [4.69, 9.17) is 0 Å². The second-order valence-corrected chi connectivity index (χ2v) is 5.26. The van der Waals surface area contributed by atoms with Gasteiger partial charge in [0.05, 0.1) is 5.69 Å². The van der Waals surface area contributed by atoms with Gasteiger partial charge < -0.3 is 5.32 Å². The van der Waals surface area contributed by atoms with Gasteiger partial charge in [0, 0.05) is 37.4 Å². The summed E-state index contributed by atoms with van der Waals surface area (Å²) in [6.07, 6.45) is 7.03. The van der Waals surface area contributed by atoms with Crippen molar-refractivity contribution < 1.29 is 4.79 Å². The highest BCUT2D eigenvalue weighted by Crippen LogP contribution is 2.10. The predicted octanol–water partition coefficient (Wildman–Crippen LogP) is 1.84. The molecule has 0 radical (unpaired) electrons. The third-order valence-corrected chi connectivity index (χ3v) is 3.60. The highest BCUT2D eigenvalue weighted by molar-refractivity contribution is 5.93. The molecule has 0 atom stereocenters. The Morgan fingerprint density at radius 3 is 2.83 bits per heavy atom. The minimum atomic E-state index is -0.231. The zero-order chi connectivity index (χ0) is 16.4. The van der Waals surface area contributed by atoms with Gasteiger partial charge in [-0.2, -0.15) is 10.2 Å². The summed E-state index contributed by atoms with van der Waals surface area (Å²) in [4.78, 5) is 16.4. The van der Waals surface area contributed by atoms with Gasteiger partial charge in [0.15, 0.2) is 11.3 Å².